The molecule has 0 aromatic rings. The first-order valence-electron chi connectivity index (χ1n) is 0.783. The minimum absolute atomic E-state index is 0. The molecule has 0 aromatic carbocycles. The molecule has 0 rings (SSSR count). The van der Waals surface area contributed by atoms with E-state index in [1.807, 2.05) is 0 Å². The van der Waals surface area contributed by atoms with Crippen molar-refractivity contribution in [2.45, 2.75) is 0 Å². The van der Waals surface area contributed by atoms with Gasteiger partial charge in [0.1, 0.15) is 0 Å². The Balaban J connectivity index is -0.0000000800. The Hall–Kier alpha value is 1.42. The SMILES string of the molecule is O=P(O)(O)O.[Mo].[Zn]. The van der Waals surface area contributed by atoms with Crippen LogP contribution in [0.25, 0.3) is 0 Å². The molecule has 0 aliphatic rings. The molecule has 0 aliphatic carbocycles. The molecule has 4 nitrogen and oxygen atoms in total. The van der Waals surface area contributed by atoms with Crippen molar-refractivity contribution in [3.63, 3.8) is 0 Å². The number of hydrogen-bond acceptors (Lipinski definition) is 1. The van der Waals surface area contributed by atoms with Crippen molar-refractivity contribution in [1.29, 1.82) is 0 Å². The predicted octanol–water partition coefficient (Wildman–Crippen LogP) is -0.934. The molecule has 0 aliphatic heterocycles. The quantitative estimate of drug-likeness (QED) is 0.388. The van der Waals surface area contributed by atoms with Crippen LogP contribution in [0.3, 0.4) is 0 Å². The van der Waals surface area contributed by atoms with E-state index < -0.39 is 7.82 Å². The fourth-order valence-electron chi connectivity index (χ4n) is 0. The van der Waals surface area contributed by atoms with Gasteiger partial charge in [0.15, 0.2) is 0 Å². The normalized spacial score (nSPS) is 8.43. The van der Waals surface area contributed by atoms with Crippen molar-refractivity contribution in [3.05, 3.63) is 0 Å². The summed E-state index contributed by atoms with van der Waals surface area (Å²) in [6.45, 7) is 0. The van der Waals surface area contributed by atoms with Gasteiger partial charge in [0.05, 0.1) is 0 Å². The van der Waals surface area contributed by atoms with Crippen LogP contribution in [0.4, 0.5) is 0 Å². The van der Waals surface area contributed by atoms with E-state index in [-0.39, 0.29) is 40.5 Å². The van der Waals surface area contributed by atoms with Crippen LogP contribution in [0.1, 0.15) is 0 Å². The number of rotatable bonds is 0. The van der Waals surface area contributed by atoms with Crippen LogP contribution in [0.15, 0.2) is 0 Å². The molecule has 7 heteroatoms. The summed E-state index contributed by atoms with van der Waals surface area (Å²) in [5.74, 6) is 0. The van der Waals surface area contributed by atoms with E-state index in [4.69, 9.17) is 19.2 Å². The Morgan fingerprint density at radius 1 is 1.14 bits per heavy atom. The van der Waals surface area contributed by atoms with Crippen LogP contribution in [0.5, 0.6) is 0 Å². The van der Waals surface area contributed by atoms with Crippen LogP contribution in [-0.4, -0.2) is 14.7 Å². The van der Waals surface area contributed by atoms with Gasteiger partial charge in [-0.15, -0.1) is 0 Å². The molecule has 0 aromatic heterocycles. The number of phosphoric acid groups is 1. The van der Waals surface area contributed by atoms with E-state index in [0.717, 1.165) is 0 Å². The van der Waals surface area contributed by atoms with Gasteiger partial charge in [-0.1, -0.05) is 0 Å². The van der Waals surface area contributed by atoms with Crippen LogP contribution < -0.4 is 0 Å². The fraction of sp³-hybridized carbons (Fsp3) is 0. The summed E-state index contributed by atoms with van der Waals surface area (Å²) in [7, 11) is -4.64. The third-order valence-corrected chi connectivity index (χ3v) is 0. The van der Waals surface area contributed by atoms with Gasteiger partial charge in [0, 0.05) is 40.5 Å². The first kappa shape index (κ1) is 15.8. The molecule has 0 saturated carbocycles. The minimum atomic E-state index is -4.64. The molecule has 0 bridgehead atoms. The standard InChI is InChI=1S/Mo.H3O4P.Zn/c;1-5(2,3)4;/h;(H3,1,2,3,4);. The van der Waals surface area contributed by atoms with Crippen molar-refractivity contribution >= 4 is 7.82 Å². The second kappa shape index (κ2) is 5.56. The zero-order valence-electron chi connectivity index (χ0n) is 3.31. The van der Waals surface area contributed by atoms with E-state index >= 15 is 0 Å². The van der Waals surface area contributed by atoms with Crippen molar-refractivity contribution in [2.75, 3.05) is 0 Å². The summed E-state index contributed by atoms with van der Waals surface area (Å²) in [5, 5.41) is 0. The van der Waals surface area contributed by atoms with Gasteiger partial charge in [-0.3, -0.25) is 0 Å². The maximum Gasteiger partial charge on any atom is 0.466 e. The molecule has 0 heterocycles. The maximum absolute atomic E-state index is 8.88. The van der Waals surface area contributed by atoms with E-state index in [1.165, 1.54) is 0 Å². The van der Waals surface area contributed by atoms with Gasteiger partial charge in [0.25, 0.3) is 0 Å². The summed E-state index contributed by atoms with van der Waals surface area (Å²) < 4.78 is 8.88. The summed E-state index contributed by atoms with van der Waals surface area (Å²) in [5.41, 5.74) is 0. The van der Waals surface area contributed by atoms with Crippen LogP contribution in [0, 0.1) is 0 Å². The van der Waals surface area contributed by atoms with Crippen LogP contribution in [-0.2, 0) is 45.1 Å². The molecule has 0 amide bonds. The van der Waals surface area contributed by atoms with Gasteiger partial charge in [-0.2, -0.15) is 0 Å². The van der Waals surface area contributed by atoms with Gasteiger partial charge >= 0.3 is 7.82 Å². The van der Waals surface area contributed by atoms with Crippen LogP contribution in [0.2, 0.25) is 0 Å². The van der Waals surface area contributed by atoms with Crippen molar-refractivity contribution < 1.29 is 59.8 Å². The Morgan fingerprint density at radius 2 is 1.14 bits per heavy atom. The molecule has 0 spiro atoms. The Kier molecular flexibility index (Phi) is 12.5. The zero-order valence-corrected chi connectivity index (χ0v) is 9.18. The molecule has 3 N–H and O–H groups in total. The van der Waals surface area contributed by atoms with E-state index in [0.29, 0.717) is 0 Å². The fourth-order valence-corrected chi connectivity index (χ4v) is 0. The Morgan fingerprint density at radius 3 is 1.14 bits per heavy atom. The molecule has 0 atom stereocenters. The summed E-state index contributed by atoms with van der Waals surface area (Å²) in [6, 6.07) is 0. The Labute approximate surface area is 67.6 Å². The molecule has 40 valence electrons. The minimum Gasteiger partial charge on any atom is -0.303 e. The maximum atomic E-state index is 8.88. The van der Waals surface area contributed by atoms with E-state index in [9.17, 15) is 0 Å². The van der Waals surface area contributed by atoms with Gasteiger partial charge < -0.3 is 14.7 Å². The number of hydrogen-bond donors (Lipinski definition) is 3. The molecular weight excluding hydrogens is 256 g/mol. The Bertz CT molecular complexity index is 57.8. The van der Waals surface area contributed by atoms with Gasteiger partial charge in [-0.05, 0) is 0 Å². The van der Waals surface area contributed by atoms with Crippen molar-refractivity contribution in [1.82, 2.24) is 0 Å². The van der Waals surface area contributed by atoms with Crippen molar-refractivity contribution in [3.8, 4) is 0 Å². The second-order valence-electron chi connectivity index (χ2n) is 0.513. The van der Waals surface area contributed by atoms with Crippen LogP contribution >= 0.6 is 7.82 Å². The first-order chi connectivity index (χ1) is 2.00. The average Bonchev–Trinajstić information content (AvgIpc) is 0.722. The summed E-state index contributed by atoms with van der Waals surface area (Å²) in [4.78, 5) is 21.6. The van der Waals surface area contributed by atoms with Gasteiger partial charge in [-0.25, -0.2) is 4.57 Å². The zero-order chi connectivity index (χ0) is 4.50. The molecule has 0 radical (unpaired) electrons. The second-order valence-corrected chi connectivity index (χ2v) is 1.54. The molecule has 7 heavy (non-hydrogen) atoms. The van der Waals surface area contributed by atoms with Gasteiger partial charge in [0.2, 0.25) is 0 Å². The molecular formula is H3MoO4PZn. The monoisotopic (exact) mass is 260 g/mol. The summed E-state index contributed by atoms with van der Waals surface area (Å²) in [6.07, 6.45) is 0. The molecule has 0 saturated heterocycles. The average molecular weight is 259 g/mol. The smallest absolute Gasteiger partial charge is 0.303 e. The van der Waals surface area contributed by atoms with E-state index in [2.05, 4.69) is 0 Å². The van der Waals surface area contributed by atoms with E-state index in [1.54, 1.807) is 0 Å². The topological polar surface area (TPSA) is 77.8 Å². The third kappa shape index (κ3) is 108. The third-order valence-electron chi connectivity index (χ3n) is 0. The predicted molar refractivity (Wildman–Crippen MR) is 14.3 cm³/mol. The summed E-state index contributed by atoms with van der Waals surface area (Å²) >= 11 is 0. The largest absolute Gasteiger partial charge is 0.466 e. The van der Waals surface area contributed by atoms with Crippen molar-refractivity contribution in [2.24, 2.45) is 0 Å². The first-order valence-corrected chi connectivity index (χ1v) is 2.35. The molecule has 0 fully saturated rings. The molecule has 0 unspecified atom stereocenters.